The average molecular weight is 364 g/mol. The molecule has 1 fully saturated rings. The SMILES string of the molecule is CCNC(=O)CN1CCN(CC(=O)Nc2ccc(C#N)c(Cl)c2)CC1. The molecular formula is C17H22ClN5O2. The van der Waals surface area contributed by atoms with E-state index < -0.39 is 0 Å². The molecule has 0 atom stereocenters. The van der Waals surface area contributed by atoms with Crippen LogP contribution in [0.3, 0.4) is 0 Å². The summed E-state index contributed by atoms with van der Waals surface area (Å²) in [6.45, 7) is 6.21. The third-order valence-electron chi connectivity index (χ3n) is 3.95. The number of nitrogens with zero attached hydrogens (tertiary/aromatic N) is 3. The van der Waals surface area contributed by atoms with Crippen molar-refractivity contribution < 1.29 is 9.59 Å². The van der Waals surface area contributed by atoms with Crippen LogP contribution in [-0.4, -0.2) is 67.4 Å². The first-order valence-electron chi connectivity index (χ1n) is 8.22. The number of nitrogens with one attached hydrogen (secondary N) is 2. The lowest BCUT2D eigenvalue weighted by molar-refractivity contribution is -0.123. The molecule has 0 aromatic heterocycles. The van der Waals surface area contributed by atoms with Gasteiger partial charge in [-0.2, -0.15) is 5.26 Å². The number of hydrogen-bond acceptors (Lipinski definition) is 5. The van der Waals surface area contributed by atoms with Crippen LogP contribution < -0.4 is 10.6 Å². The molecule has 0 spiro atoms. The van der Waals surface area contributed by atoms with Crippen LogP contribution >= 0.6 is 11.6 Å². The molecule has 25 heavy (non-hydrogen) atoms. The zero-order valence-electron chi connectivity index (χ0n) is 14.2. The number of anilines is 1. The maximum absolute atomic E-state index is 12.2. The Morgan fingerprint density at radius 3 is 2.28 bits per heavy atom. The van der Waals surface area contributed by atoms with Gasteiger partial charge in [0.05, 0.1) is 23.7 Å². The van der Waals surface area contributed by atoms with Crippen LogP contribution in [0.15, 0.2) is 18.2 Å². The summed E-state index contributed by atoms with van der Waals surface area (Å²) in [5, 5.41) is 14.8. The fraction of sp³-hybridized carbons (Fsp3) is 0.471. The molecule has 2 N–H and O–H groups in total. The van der Waals surface area contributed by atoms with Crippen molar-refractivity contribution in [2.24, 2.45) is 0 Å². The summed E-state index contributed by atoms with van der Waals surface area (Å²) < 4.78 is 0. The van der Waals surface area contributed by atoms with Gasteiger partial charge in [-0.3, -0.25) is 19.4 Å². The Balaban J connectivity index is 1.76. The summed E-state index contributed by atoms with van der Waals surface area (Å²) in [4.78, 5) is 27.9. The van der Waals surface area contributed by atoms with Crippen LogP contribution in [0.1, 0.15) is 12.5 Å². The molecule has 1 heterocycles. The molecule has 0 radical (unpaired) electrons. The van der Waals surface area contributed by atoms with Crippen LogP contribution in [0.2, 0.25) is 5.02 Å². The summed E-state index contributed by atoms with van der Waals surface area (Å²) in [5.41, 5.74) is 0.951. The number of piperazine rings is 1. The average Bonchev–Trinajstić information content (AvgIpc) is 2.57. The van der Waals surface area contributed by atoms with Crippen molar-refractivity contribution in [1.29, 1.82) is 5.26 Å². The van der Waals surface area contributed by atoms with Crippen LogP contribution in [0.4, 0.5) is 5.69 Å². The predicted molar refractivity (Wildman–Crippen MR) is 96.4 cm³/mol. The molecule has 1 aromatic rings. The van der Waals surface area contributed by atoms with Gasteiger partial charge in [0.1, 0.15) is 6.07 Å². The molecule has 1 aliphatic rings. The minimum atomic E-state index is -0.127. The third kappa shape index (κ3) is 6.02. The van der Waals surface area contributed by atoms with E-state index in [1.165, 1.54) is 0 Å². The van der Waals surface area contributed by atoms with E-state index in [0.29, 0.717) is 29.4 Å². The van der Waals surface area contributed by atoms with Crippen molar-refractivity contribution in [3.8, 4) is 6.07 Å². The summed E-state index contributed by atoms with van der Waals surface area (Å²) >= 11 is 5.96. The number of halogens is 1. The summed E-state index contributed by atoms with van der Waals surface area (Å²) in [6, 6.07) is 6.79. The minimum absolute atomic E-state index is 0.0337. The van der Waals surface area contributed by atoms with Gasteiger partial charge in [-0.1, -0.05) is 11.6 Å². The van der Waals surface area contributed by atoms with Crippen molar-refractivity contribution in [3.63, 3.8) is 0 Å². The molecule has 0 unspecified atom stereocenters. The number of carbonyl (C=O) groups is 2. The lowest BCUT2D eigenvalue weighted by atomic mass is 10.2. The van der Waals surface area contributed by atoms with Gasteiger partial charge in [-0.05, 0) is 25.1 Å². The first-order chi connectivity index (χ1) is 12.0. The van der Waals surface area contributed by atoms with Gasteiger partial charge < -0.3 is 10.6 Å². The molecule has 0 saturated carbocycles. The van der Waals surface area contributed by atoms with Crippen molar-refractivity contribution in [3.05, 3.63) is 28.8 Å². The Morgan fingerprint density at radius 1 is 1.16 bits per heavy atom. The molecule has 8 heteroatoms. The maximum atomic E-state index is 12.2. The molecule has 1 saturated heterocycles. The quantitative estimate of drug-likeness (QED) is 0.784. The van der Waals surface area contributed by atoms with Gasteiger partial charge in [0.25, 0.3) is 0 Å². The second-order valence-electron chi connectivity index (χ2n) is 5.86. The molecule has 134 valence electrons. The molecule has 0 bridgehead atoms. The lowest BCUT2D eigenvalue weighted by Gasteiger charge is -2.33. The lowest BCUT2D eigenvalue weighted by Crippen LogP contribution is -2.51. The third-order valence-corrected chi connectivity index (χ3v) is 4.26. The van der Waals surface area contributed by atoms with E-state index in [0.717, 1.165) is 26.2 Å². The van der Waals surface area contributed by atoms with Crippen LogP contribution in [0.5, 0.6) is 0 Å². The van der Waals surface area contributed by atoms with Crippen molar-refractivity contribution in [2.45, 2.75) is 6.92 Å². The first-order valence-corrected chi connectivity index (χ1v) is 8.60. The van der Waals surface area contributed by atoms with Crippen molar-refractivity contribution in [1.82, 2.24) is 15.1 Å². The highest BCUT2D eigenvalue weighted by molar-refractivity contribution is 6.32. The van der Waals surface area contributed by atoms with E-state index in [4.69, 9.17) is 16.9 Å². The van der Waals surface area contributed by atoms with E-state index >= 15 is 0 Å². The zero-order chi connectivity index (χ0) is 18.2. The molecular weight excluding hydrogens is 342 g/mol. The second kappa shape index (κ2) is 9.37. The van der Waals surface area contributed by atoms with E-state index in [9.17, 15) is 9.59 Å². The second-order valence-corrected chi connectivity index (χ2v) is 6.27. The smallest absolute Gasteiger partial charge is 0.238 e. The number of hydrogen-bond donors (Lipinski definition) is 2. The molecule has 0 aliphatic carbocycles. The Labute approximate surface area is 152 Å². The van der Waals surface area contributed by atoms with E-state index in [1.54, 1.807) is 18.2 Å². The number of carbonyl (C=O) groups excluding carboxylic acids is 2. The topological polar surface area (TPSA) is 88.5 Å². The van der Waals surface area contributed by atoms with Crippen LogP contribution in [0.25, 0.3) is 0 Å². The molecule has 7 nitrogen and oxygen atoms in total. The summed E-state index contributed by atoms with van der Waals surface area (Å²) in [5.74, 6) is -0.0932. The van der Waals surface area contributed by atoms with Gasteiger partial charge in [-0.25, -0.2) is 0 Å². The standard InChI is InChI=1S/C17H22ClN5O2/c1-2-20-16(24)11-22-5-7-23(8-6-22)12-17(25)21-14-4-3-13(10-19)15(18)9-14/h3-4,9H,2,5-8,11-12H2,1H3,(H,20,24)(H,21,25). The van der Waals surface area contributed by atoms with Gasteiger partial charge >= 0.3 is 0 Å². The number of benzene rings is 1. The first kappa shape index (κ1) is 19.2. The molecule has 1 aliphatic heterocycles. The largest absolute Gasteiger partial charge is 0.355 e. The van der Waals surface area contributed by atoms with Gasteiger partial charge in [0.2, 0.25) is 11.8 Å². The zero-order valence-corrected chi connectivity index (χ0v) is 15.0. The monoisotopic (exact) mass is 363 g/mol. The van der Waals surface area contributed by atoms with E-state index in [1.807, 2.05) is 13.0 Å². The Kier molecular flexibility index (Phi) is 7.19. The van der Waals surface area contributed by atoms with Gasteiger partial charge in [0, 0.05) is 38.4 Å². The summed E-state index contributed by atoms with van der Waals surface area (Å²) in [7, 11) is 0. The van der Waals surface area contributed by atoms with Gasteiger partial charge in [0.15, 0.2) is 0 Å². The van der Waals surface area contributed by atoms with E-state index in [-0.39, 0.29) is 18.4 Å². The number of rotatable bonds is 6. The Hall–Kier alpha value is -2.14. The van der Waals surface area contributed by atoms with Crippen LogP contribution in [-0.2, 0) is 9.59 Å². The number of likely N-dealkylation sites (N-methyl/N-ethyl adjacent to an activating group) is 1. The minimum Gasteiger partial charge on any atom is -0.355 e. The Morgan fingerprint density at radius 2 is 1.76 bits per heavy atom. The predicted octanol–water partition coefficient (Wildman–Crippen LogP) is 0.904. The highest BCUT2D eigenvalue weighted by atomic mass is 35.5. The van der Waals surface area contributed by atoms with Crippen molar-refractivity contribution in [2.75, 3.05) is 51.1 Å². The highest BCUT2D eigenvalue weighted by Crippen LogP contribution is 2.20. The molecule has 1 aromatic carbocycles. The molecule has 2 amide bonds. The normalized spacial score (nSPS) is 15.4. The van der Waals surface area contributed by atoms with Crippen LogP contribution in [0, 0.1) is 11.3 Å². The number of amides is 2. The summed E-state index contributed by atoms with van der Waals surface area (Å²) in [6.07, 6.45) is 0. The Bertz CT molecular complexity index is 665. The highest BCUT2D eigenvalue weighted by Gasteiger charge is 2.20. The fourth-order valence-electron chi connectivity index (χ4n) is 2.65. The maximum Gasteiger partial charge on any atom is 0.238 e. The van der Waals surface area contributed by atoms with Crippen molar-refractivity contribution >= 4 is 29.1 Å². The number of nitriles is 1. The van der Waals surface area contributed by atoms with E-state index in [2.05, 4.69) is 20.4 Å². The molecule has 2 rings (SSSR count). The van der Waals surface area contributed by atoms with Gasteiger partial charge in [-0.15, -0.1) is 0 Å². The fourth-order valence-corrected chi connectivity index (χ4v) is 2.87.